The molecule has 0 saturated heterocycles. The molecule has 2 aromatic carbocycles. The Kier molecular flexibility index (Phi) is 3.46. The molecular weight excluding hydrogens is 256 g/mol. The highest BCUT2D eigenvalue weighted by Crippen LogP contribution is 2.30. The number of aromatic nitrogens is 1. The maximum atomic E-state index is 3.60. The Hall–Kier alpha value is -2.22. The average molecular weight is 278 g/mol. The van der Waals surface area contributed by atoms with E-state index < -0.39 is 0 Å². The van der Waals surface area contributed by atoms with E-state index in [1.54, 1.807) is 0 Å². The molecule has 3 rings (SSSR count). The molecule has 0 radical (unpaired) electrons. The van der Waals surface area contributed by atoms with E-state index in [0.29, 0.717) is 0 Å². The number of H-pyrrole nitrogens is 1. The van der Waals surface area contributed by atoms with Gasteiger partial charge in [-0.1, -0.05) is 51.1 Å². The summed E-state index contributed by atoms with van der Waals surface area (Å²) in [7, 11) is 0. The third-order valence-electron chi connectivity index (χ3n) is 3.89. The molecule has 3 aromatic rings. The summed E-state index contributed by atoms with van der Waals surface area (Å²) in [6.45, 7) is 7.59. The van der Waals surface area contributed by atoms with Crippen LogP contribution in [0, 0.1) is 0 Å². The lowest BCUT2D eigenvalue weighted by molar-refractivity contribution is 0.591. The van der Waals surface area contributed by atoms with Gasteiger partial charge in [0.15, 0.2) is 0 Å². The highest BCUT2D eigenvalue weighted by molar-refractivity contribution is 5.83. The zero-order valence-electron chi connectivity index (χ0n) is 12.9. The van der Waals surface area contributed by atoms with Crippen LogP contribution in [0.2, 0.25) is 0 Å². The highest BCUT2D eigenvalue weighted by atomic mass is 14.9. The first-order valence-corrected chi connectivity index (χ1v) is 7.44. The van der Waals surface area contributed by atoms with E-state index in [9.17, 15) is 0 Å². The van der Waals surface area contributed by atoms with E-state index in [1.807, 2.05) is 6.20 Å². The normalized spacial score (nSPS) is 11.8. The van der Waals surface area contributed by atoms with Gasteiger partial charge in [0, 0.05) is 29.3 Å². The van der Waals surface area contributed by atoms with E-state index in [1.165, 1.54) is 27.7 Å². The monoisotopic (exact) mass is 278 g/mol. The van der Waals surface area contributed by atoms with Crippen LogP contribution in [0.15, 0.2) is 54.7 Å². The maximum Gasteiger partial charge on any atom is 0.0457 e. The summed E-state index contributed by atoms with van der Waals surface area (Å²) >= 11 is 0. The van der Waals surface area contributed by atoms with E-state index in [-0.39, 0.29) is 5.41 Å². The zero-order chi connectivity index (χ0) is 14.9. The number of benzene rings is 2. The summed E-state index contributed by atoms with van der Waals surface area (Å²) in [6.07, 6.45) is 2.00. The van der Waals surface area contributed by atoms with Crippen LogP contribution in [0.4, 0.5) is 5.69 Å². The third-order valence-corrected chi connectivity index (χ3v) is 3.89. The Morgan fingerprint density at radius 1 is 0.952 bits per heavy atom. The van der Waals surface area contributed by atoms with Gasteiger partial charge in [-0.15, -0.1) is 0 Å². The number of para-hydroxylation sites is 1. The molecule has 0 aliphatic rings. The van der Waals surface area contributed by atoms with E-state index in [2.05, 4.69) is 79.6 Å². The number of anilines is 1. The Labute approximate surface area is 126 Å². The van der Waals surface area contributed by atoms with Crippen LogP contribution >= 0.6 is 0 Å². The molecule has 0 amide bonds. The third kappa shape index (κ3) is 2.80. The van der Waals surface area contributed by atoms with Crippen molar-refractivity contribution in [3.63, 3.8) is 0 Å². The molecule has 2 heteroatoms. The minimum atomic E-state index is 0.143. The molecule has 21 heavy (non-hydrogen) atoms. The number of hydrogen-bond acceptors (Lipinski definition) is 1. The Bertz CT molecular complexity index is 747. The summed E-state index contributed by atoms with van der Waals surface area (Å²) < 4.78 is 0. The lowest BCUT2D eigenvalue weighted by atomic mass is 9.86. The van der Waals surface area contributed by atoms with Crippen LogP contribution in [-0.4, -0.2) is 4.98 Å². The number of rotatable bonds is 3. The van der Waals surface area contributed by atoms with Gasteiger partial charge in [-0.25, -0.2) is 0 Å². The van der Waals surface area contributed by atoms with E-state index in [0.717, 1.165) is 6.54 Å². The van der Waals surface area contributed by atoms with Crippen LogP contribution in [0.5, 0.6) is 0 Å². The molecule has 2 nitrogen and oxygen atoms in total. The number of hydrogen-bond donors (Lipinski definition) is 2. The number of fused-ring (bicyclic) bond motifs is 1. The second-order valence-electron chi connectivity index (χ2n) is 6.51. The first-order chi connectivity index (χ1) is 10.1. The molecular formula is C19H22N2. The van der Waals surface area contributed by atoms with Gasteiger partial charge in [0.25, 0.3) is 0 Å². The van der Waals surface area contributed by atoms with Crippen molar-refractivity contribution >= 4 is 16.6 Å². The number of nitrogens with one attached hydrogen (secondary N) is 2. The van der Waals surface area contributed by atoms with Gasteiger partial charge in [-0.2, -0.15) is 0 Å². The van der Waals surface area contributed by atoms with Crippen molar-refractivity contribution in [2.45, 2.75) is 32.7 Å². The summed E-state index contributed by atoms with van der Waals surface area (Å²) in [4.78, 5) is 3.27. The van der Waals surface area contributed by atoms with Gasteiger partial charge in [0.05, 0.1) is 0 Å². The largest absolute Gasteiger partial charge is 0.381 e. The Balaban J connectivity index is 1.87. The molecule has 1 heterocycles. The van der Waals surface area contributed by atoms with Crippen LogP contribution < -0.4 is 5.32 Å². The van der Waals surface area contributed by atoms with Crippen molar-refractivity contribution < 1.29 is 0 Å². The fourth-order valence-corrected chi connectivity index (χ4v) is 2.79. The SMILES string of the molecule is CC(C)(C)c1ccccc1NCc1cccc2[nH]ccc12. The summed E-state index contributed by atoms with van der Waals surface area (Å²) in [5.74, 6) is 0. The molecule has 0 bridgehead atoms. The number of aromatic amines is 1. The van der Waals surface area contributed by atoms with Gasteiger partial charge in [0.2, 0.25) is 0 Å². The minimum Gasteiger partial charge on any atom is -0.381 e. The van der Waals surface area contributed by atoms with Crippen molar-refractivity contribution in [1.82, 2.24) is 4.98 Å². The standard InChI is InChI=1S/C19H22N2/c1-19(2,3)16-8-4-5-9-18(16)21-13-14-7-6-10-17-15(14)11-12-20-17/h4-12,20-21H,13H2,1-3H3. The topological polar surface area (TPSA) is 27.8 Å². The quantitative estimate of drug-likeness (QED) is 0.687. The van der Waals surface area contributed by atoms with Crippen molar-refractivity contribution in [3.8, 4) is 0 Å². The lowest BCUT2D eigenvalue weighted by Crippen LogP contribution is -2.14. The zero-order valence-corrected chi connectivity index (χ0v) is 12.9. The van der Waals surface area contributed by atoms with Gasteiger partial charge in [0.1, 0.15) is 0 Å². The minimum absolute atomic E-state index is 0.143. The van der Waals surface area contributed by atoms with E-state index in [4.69, 9.17) is 0 Å². The molecule has 0 spiro atoms. The van der Waals surface area contributed by atoms with Crippen molar-refractivity contribution in [1.29, 1.82) is 0 Å². The highest BCUT2D eigenvalue weighted by Gasteiger charge is 2.17. The molecule has 0 aliphatic carbocycles. The predicted octanol–water partition coefficient (Wildman–Crippen LogP) is 5.08. The molecule has 0 saturated carbocycles. The fourth-order valence-electron chi connectivity index (χ4n) is 2.79. The molecule has 108 valence electrons. The maximum absolute atomic E-state index is 3.60. The Morgan fingerprint density at radius 2 is 1.76 bits per heavy atom. The van der Waals surface area contributed by atoms with Crippen LogP contribution in [0.1, 0.15) is 31.9 Å². The average Bonchev–Trinajstić information content (AvgIpc) is 2.93. The van der Waals surface area contributed by atoms with Gasteiger partial charge >= 0.3 is 0 Å². The second-order valence-corrected chi connectivity index (χ2v) is 6.51. The first-order valence-electron chi connectivity index (χ1n) is 7.44. The van der Waals surface area contributed by atoms with Gasteiger partial charge in [-0.05, 0) is 34.7 Å². The van der Waals surface area contributed by atoms with Crippen molar-refractivity contribution in [2.24, 2.45) is 0 Å². The fraction of sp³-hybridized carbons (Fsp3) is 0.263. The first kappa shape index (κ1) is 13.7. The van der Waals surface area contributed by atoms with Crippen molar-refractivity contribution in [3.05, 3.63) is 65.9 Å². The lowest BCUT2D eigenvalue weighted by Gasteiger charge is -2.23. The van der Waals surface area contributed by atoms with Crippen LogP contribution in [0.3, 0.4) is 0 Å². The Morgan fingerprint density at radius 3 is 2.57 bits per heavy atom. The second kappa shape index (κ2) is 5.28. The molecule has 2 N–H and O–H groups in total. The van der Waals surface area contributed by atoms with E-state index >= 15 is 0 Å². The summed E-state index contributed by atoms with van der Waals surface area (Å²) in [5, 5.41) is 4.89. The van der Waals surface area contributed by atoms with Crippen LogP contribution in [0.25, 0.3) is 10.9 Å². The molecule has 1 aromatic heterocycles. The van der Waals surface area contributed by atoms with Gasteiger partial charge in [-0.3, -0.25) is 0 Å². The van der Waals surface area contributed by atoms with Crippen LogP contribution in [-0.2, 0) is 12.0 Å². The van der Waals surface area contributed by atoms with Crippen molar-refractivity contribution in [2.75, 3.05) is 5.32 Å². The molecule has 0 aliphatic heterocycles. The summed E-state index contributed by atoms with van der Waals surface area (Å²) in [6, 6.07) is 17.1. The van der Waals surface area contributed by atoms with Gasteiger partial charge < -0.3 is 10.3 Å². The summed E-state index contributed by atoms with van der Waals surface area (Å²) in [5.41, 5.74) is 5.23. The molecule has 0 atom stereocenters. The molecule has 0 fully saturated rings. The smallest absolute Gasteiger partial charge is 0.0457 e. The molecule has 0 unspecified atom stereocenters. The predicted molar refractivity (Wildman–Crippen MR) is 90.8 cm³/mol.